The summed E-state index contributed by atoms with van der Waals surface area (Å²) in [6.07, 6.45) is -2.33. The first-order valence-corrected chi connectivity index (χ1v) is 3.61. The second-order valence-corrected chi connectivity index (χ2v) is 2.70. The van der Waals surface area contributed by atoms with Gasteiger partial charge < -0.3 is 51.5 Å². The molecule has 16 heteroatoms. The number of hydrogen-bond acceptors (Lipinski definition) is 7. The van der Waals surface area contributed by atoms with Gasteiger partial charge in [0.05, 0.1) is 0 Å². The van der Waals surface area contributed by atoms with E-state index in [-0.39, 0.29) is 124 Å². The molecule has 11 nitrogen and oxygen atoms in total. The molecule has 0 saturated carbocycles. The number of carbonyl (C=O) groups excluding carboxylic acids is 1. The van der Waals surface area contributed by atoms with Crippen LogP contribution in [-0.2, 0) is 20.2 Å². The van der Waals surface area contributed by atoms with E-state index in [4.69, 9.17) is 28.3 Å². The Morgan fingerprint density at radius 3 is 0.882 bits per heavy atom. The first kappa shape index (κ1) is 73.5. The van der Waals surface area contributed by atoms with Crippen molar-refractivity contribution in [1.82, 2.24) is 0 Å². The third-order valence-corrected chi connectivity index (χ3v) is 0. The van der Waals surface area contributed by atoms with Crippen molar-refractivity contribution < 1.29 is 115 Å². The summed E-state index contributed by atoms with van der Waals surface area (Å²) in [6.45, 7) is 0. The van der Waals surface area contributed by atoms with E-state index >= 15 is 0 Å². The van der Waals surface area contributed by atoms with Gasteiger partial charge in [-0.05, 0) is 17.3 Å². The third-order valence-electron chi connectivity index (χ3n) is 0. The summed E-state index contributed by atoms with van der Waals surface area (Å²) in [7, 11) is -4.33. The fraction of sp³-hybridized carbons (Fsp3) is 0. The van der Waals surface area contributed by atoms with Gasteiger partial charge in [0.15, 0.2) is 0 Å². The molecule has 0 bridgehead atoms. The minimum absolute atomic E-state index is 0. The fourth-order valence-corrected chi connectivity index (χ4v) is 0. The van der Waals surface area contributed by atoms with E-state index in [0.717, 1.165) is 0 Å². The summed E-state index contributed by atoms with van der Waals surface area (Å²) in [5.74, 6) is 0. The number of hydrogen-bond donors (Lipinski definition) is 0. The molecule has 10 N–H and O–H groups in total. The van der Waals surface area contributed by atoms with Crippen LogP contribution in [0.15, 0.2) is 0 Å². The summed E-state index contributed by atoms with van der Waals surface area (Å²) in [4.78, 5) is 8.33. The van der Waals surface area contributed by atoms with E-state index in [1.807, 2.05) is 0 Å². The number of carbonyl (C=O) groups is 1. The van der Waals surface area contributed by atoms with Crippen molar-refractivity contribution in [2.75, 3.05) is 0 Å². The second kappa shape index (κ2) is 42.8. The van der Waals surface area contributed by atoms with Crippen LogP contribution in [0.1, 0.15) is 0 Å². The van der Waals surface area contributed by atoms with Gasteiger partial charge >= 0.3 is 96.9 Å². The number of carboxylic acid groups (broad SMARTS) is 2. The first-order valence-electron chi connectivity index (χ1n) is 1.28. The van der Waals surface area contributed by atoms with Gasteiger partial charge in [0.2, 0.25) is 0 Å². The van der Waals surface area contributed by atoms with Crippen LogP contribution in [0.3, 0.4) is 0 Å². The monoisotopic (exact) mass is 348 g/mol. The predicted molar refractivity (Wildman–Crippen MR) is 46.3 cm³/mol. The molecule has 17 heavy (non-hydrogen) atoms. The third kappa shape index (κ3) is 749. The Morgan fingerprint density at radius 1 is 0.882 bits per heavy atom. The standard InChI is InChI=1S/CH2O3.Ca.2Na.H2O3S2.5H2O/c2-1(3)4;;;;1-5(2,3)4;;;;;/h(H2,2,3,4);;;;(H2,1,2,3,4);5*1H2/q;+2;2*+1;;;;;;/p-4. The van der Waals surface area contributed by atoms with E-state index in [0.29, 0.717) is 0 Å². The summed E-state index contributed by atoms with van der Waals surface area (Å²) >= 11 is 3.24. The van der Waals surface area contributed by atoms with E-state index in [1.165, 1.54) is 0 Å². The van der Waals surface area contributed by atoms with Crippen LogP contribution in [0, 0.1) is 0 Å². The molecular formula is CH10CaNa2O11S2. The smallest absolute Gasteiger partial charge is 0.780 e. The van der Waals surface area contributed by atoms with Gasteiger partial charge in [-0.3, -0.25) is 4.21 Å². The van der Waals surface area contributed by atoms with Gasteiger partial charge in [-0.15, -0.1) is 9.05 Å². The molecule has 0 aliphatic rings. The molecule has 0 aliphatic heterocycles. The SMILES string of the molecule is O.O.O.O.O.O=C([O-])[O-].O=S([O-])([O-])=S.[Ca+2].[Na+].[Na+]. The maximum atomic E-state index is 8.89. The summed E-state index contributed by atoms with van der Waals surface area (Å²) in [6, 6.07) is 0. The molecule has 0 aliphatic carbocycles. The summed E-state index contributed by atoms with van der Waals surface area (Å²) in [5.41, 5.74) is 0. The van der Waals surface area contributed by atoms with Crippen LogP contribution in [0.5, 0.6) is 0 Å². The Balaban J connectivity index is -0.00000000494. The summed E-state index contributed by atoms with van der Waals surface area (Å²) in [5, 5.41) is 16.7. The quantitative estimate of drug-likeness (QED) is 0.380. The molecule has 0 saturated heterocycles. The Morgan fingerprint density at radius 2 is 0.882 bits per heavy atom. The van der Waals surface area contributed by atoms with Crippen molar-refractivity contribution in [3.63, 3.8) is 0 Å². The zero-order chi connectivity index (χ0) is 8.08. The van der Waals surface area contributed by atoms with E-state index < -0.39 is 15.2 Å². The molecule has 0 rings (SSSR count). The van der Waals surface area contributed by atoms with E-state index in [1.54, 1.807) is 0 Å². The van der Waals surface area contributed by atoms with Crippen LogP contribution < -0.4 is 69.3 Å². The second-order valence-electron chi connectivity index (χ2n) is 0.658. The van der Waals surface area contributed by atoms with Crippen molar-refractivity contribution in [3.05, 3.63) is 0 Å². The van der Waals surface area contributed by atoms with Crippen molar-refractivity contribution in [3.8, 4) is 0 Å². The maximum Gasteiger partial charge on any atom is 2.00 e. The normalized spacial score (nSPS) is 4.82. The Labute approximate surface area is 176 Å². The number of rotatable bonds is 0. The van der Waals surface area contributed by atoms with Crippen LogP contribution in [0.2, 0.25) is 0 Å². The van der Waals surface area contributed by atoms with Gasteiger partial charge in [-0.1, -0.05) is 0 Å². The predicted octanol–water partition coefficient (Wildman–Crippen LogP) is -13.9. The van der Waals surface area contributed by atoms with Gasteiger partial charge in [0, 0.05) is 0 Å². The molecule has 0 amide bonds. The Kier molecular flexibility index (Phi) is 185. The van der Waals surface area contributed by atoms with Crippen molar-refractivity contribution in [1.29, 1.82) is 0 Å². The molecule has 0 spiro atoms. The Hall–Kier alpha value is 2.62. The fourth-order valence-electron chi connectivity index (χ4n) is 0. The van der Waals surface area contributed by atoms with Gasteiger partial charge in [0.25, 0.3) is 0 Å². The van der Waals surface area contributed by atoms with Crippen molar-refractivity contribution in [2.45, 2.75) is 0 Å². The topological polar surface area (TPSA) is 284 Å². The van der Waals surface area contributed by atoms with Crippen molar-refractivity contribution >= 4 is 64.1 Å². The van der Waals surface area contributed by atoms with Crippen molar-refractivity contribution in [2.24, 2.45) is 0 Å². The maximum absolute atomic E-state index is 8.89. The van der Waals surface area contributed by atoms with Crippen LogP contribution in [-0.4, -0.2) is 84.6 Å². The molecule has 96 valence electrons. The molecule has 0 aromatic heterocycles. The molecule has 0 heterocycles. The molecule has 0 aromatic carbocycles. The van der Waals surface area contributed by atoms with Gasteiger partial charge in [-0.2, -0.15) is 0 Å². The minimum Gasteiger partial charge on any atom is -0.780 e. The molecule has 0 aromatic rings. The molecule has 0 atom stereocenters. The average Bonchev–Trinajstić information content (AvgIpc) is 1.19. The zero-order valence-corrected chi connectivity index (χ0v) is 16.8. The van der Waals surface area contributed by atoms with Gasteiger partial charge in [-0.25, -0.2) is 0 Å². The summed E-state index contributed by atoms with van der Waals surface area (Å²) < 4.78 is 26.7. The molecular weight excluding hydrogens is 338 g/mol. The molecule has 0 fully saturated rings. The van der Waals surface area contributed by atoms with Crippen LogP contribution in [0.25, 0.3) is 0 Å². The van der Waals surface area contributed by atoms with Crippen LogP contribution >= 0.6 is 0 Å². The zero-order valence-electron chi connectivity index (χ0n) is 8.97. The molecule has 0 unspecified atom stereocenters. The van der Waals surface area contributed by atoms with Crippen LogP contribution in [0.4, 0.5) is 4.79 Å². The van der Waals surface area contributed by atoms with E-state index in [2.05, 4.69) is 11.2 Å². The van der Waals surface area contributed by atoms with E-state index in [9.17, 15) is 0 Å². The average molecular weight is 348 g/mol. The minimum atomic E-state index is -4.33. The largest absolute Gasteiger partial charge is 2.00 e. The Bertz CT molecular complexity index is 170. The molecule has 0 radical (unpaired) electrons. The first-order chi connectivity index (χ1) is 3.73. The van der Waals surface area contributed by atoms with Gasteiger partial charge in [0.1, 0.15) is 0 Å².